The minimum atomic E-state index is 0.0569. The Hall–Kier alpha value is -3.44. The van der Waals surface area contributed by atoms with E-state index in [9.17, 15) is 9.59 Å². The highest BCUT2D eigenvalue weighted by atomic mass is 16.2. The molecule has 5 heteroatoms. The summed E-state index contributed by atoms with van der Waals surface area (Å²) in [4.78, 5) is 31.6. The van der Waals surface area contributed by atoms with Crippen molar-refractivity contribution >= 4 is 23.1 Å². The molecule has 1 saturated heterocycles. The van der Waals surface area contributed by atoms with Crippen LogP contribution in [0.1, 0.15) is 82.9 Å². The number of ketones is 1. The third kappa shape index (κ3) is 5.85. The zero-order chi connectivity index (χ0) is 27.5. The van der Waals surface area contributed by atoms with Crippen LogP contribution in [0.15, 0.2) is 66.7 Å². The van der Waals surface area contributed by atoms with Crippen molar-refractivity contribution in [2.75, 3.05) is 25.0 Å². The van der Waals surface area contributed by atoms with Crippen LogP contribution in [0.4, 0.5) is 11.4 Å². The zero-order valence-electron chi connectivity index (χ0n) is 23.7. The van der Waals surface area contributed by atoms with E-state index in [1.165, 1.54) is 36.8 Å². The minimum Gasteiger partial charge on any atom is -0.355 e. The quantitative estimate of drug-likeness (QED) is 0.309. The molecule has 0 aromatic heterocycles. The zero-order valence-corrected chi connectivity index (χ0v) is 23.7. The van der Waals surface area contributed by atoms with Crippen molar-refractivity contribution in [1.29, 1.82) is 0 Å². The number of amides is 1. The first-order chi connectivity index (χ1) is 19.6. The highest BCUT2D eigenvalue weighted by Crippen LogP contribution is 2.37. The Morgan fingerprint density at radius 3 is 2.30 bits per heavy atom. The molecule has 6 rings (SSSR count). The molecular weight excluding hydrogens is 494 g/mol. The smallest absolute Gasteiger partial charge is 0.255 e. The fourth-order valence-corrected chi connectivity index (χ4v) is 7.00. The fourth-order valence-electron chi connectivity index (χ4n) is 7.00. The van der Waals surface area contributed by atoms with Crippen LogP contribution in [0.5, 0.6) is 0 Å². The summed E-state index contributed by atoms with van der Waals surface area (Å²) >= 11 is 0. The second-order valence-corrected chi connectivity index (χ2v) is 11.9. The van der Waals surface area contributed by atoms with E-state index in [4.69, 9.17) is 0 Å². The number of fused-ring (bicyclic) bond motifs is 1. The number of carbonyl (C=O) groups excluding carboxylic acids is 2. The Kier molecular flexibility index (Phi) is 8.01. The van der Waals surface area contributed by atoms with Gasteiger partial charge in [-0.2, -0.15) is 0 Å². The maximum Gasteiger partial charge on any atom is 0.255 e. The summed E-state index contributed by atoms with van der Waals surface area (Å²) in [6.45, 7) is 6.79. The van der Waals surface area contributed by atoms with Crippen molar-refractivity contribution in [3.63, 3.8) is 0 Å². The largest absolute Gasteiger partial charge is 0.355 e. The number of nitrogens with zero attached hydrogens (tertiary/aromatic N) is 2. The van der Waals surface area contributed by atoms with Gasteiger partial charge in [-0.1, -0.05) is 75.1 Å². The first-order valence-electron chi connectivity index (χ1n) is 15.2. The fraction of sp³-hybridized carbons (Fsp3) is 0.429. The molecule has 3 aromatic carbocycles. The SMILES string of the molecule is CCN1Cc2ccc(CC(=O)c3ccc(C(=O)N4CCC(C5CCCC5)CC4)c(Nc4ccccc4)c3)cc2C1. The number of hydrogen-bond acceptors (Lipinski definition) is 4. The molecule has 5 nitrogen and oxygen atoms in total. The van der Waals surface area contributed by atoms with Gasteiger partial charge in [0, 0.05) is 43.9 Å². The summed E-state index contributed by atoms with van der Waals surface area (Å²) in [7, 11) is 0. The summed E-state index contributed by atoms with van der Waals surface area (Å²) in [5, 5.41) is 3.45. The molecule has 208 valence electrons. The van der Waals surface area contributed by atoms with E-state index < -0.39 is 0 Å². The Labute approximate surface area is 238 Å². The first kappa shape index (κ1) is 26.8. The van der Waals surface area contributed by atoms with Gasteiger partial charge in [0.1, 0.15) is 0 Å². The Morgan fingerprint density at radius 1 is 0.825 bits per heavy atom. The molecule has 0 bridgehead atoms. The summed E-state index contributed by atoms with van der Waals surface area (Å²) < 4.78 is 0. The van der Waals surface area contributed by atoms with Gasteiger partial charge in [0.15, 0.2) is 5.78 Å². The highest BCUT2D eigenvalue weighted by Gasteiger charge is 2.31. The van der Waals surface area contributed by atoms with Crippen LogP contribution < -0.4 is 5.32 Å². The van der Waals surface area contributed by atoms with Crippen LogP contribution in [0.2, 0.25) is 0 Å². The van der Waals surface area contributed by atoms with Crippen molar-refractivity contribution in [2.45, 2.75) is 65.0 Å². The normalized spacial score (nSPS) is 18.2. The molecule has 3 aromatic rings. The Balaban J connectivity index is 1.20. The molecule has 2 heterocycles. The predicted octanol–water partition coefficient (Wildman–Crippen LogP) is 7.23. The average Bonchev–Trinajstić information content (AvgIpc) is 3.68. The van der Waals surface area contributed by atoms with Crippen LogP contribution >= 0.6 is 0 Å². The van der Waals surface area contributed by atoms with Crippen molar-refractivity contribution in [3.8, 4) is 0 Å². The second-order valence-electron chi connectivity index (χ2n) is 11.9. The molecule has 0 unspecified atom stereocenters. The number of para-hydroxylation sites is 1. The van der Waals surface area contributed by atoms with E-state index in [1.807, 2.05) is 53.4 Å². The summed E-state index contributed by atoms with van der Waals surface area (Å²) in [5.74, 6) is 1.74. The third-order valence-electron chi connectivity index (χ3n) is 9.39. The monoisotopic (exact) mass is 535 g/mol. The number of rotatable bonds is 8. The lowest BCUT2D eigenvalue weighted by atomic mass is 9.83. The maximum absolute atomic E-state index is 13.8. The number of hydrogen-bond donors (Lipinski definition) is 1. The van der Waals surface area contributed by atoms with Crippen LogP contribution in [-0.4, -0.2) is 41.1 Å². The van der Waals surface area contributed by atoms with Crippen molar-refractivity contribution in [2.24, 2.45) is 11.8 Å². The van der Waals surface area contributed by atoms with E-state index in [0.29, 0.717) is 23.2 Å². The number of Topliss-reactive ketones (excluding diaryl/α,β-unsaturated/α-hetero) is 1. The molecule has 1 saturated carbocycles. The van der Waals surface area contributed by atoms with Crippen molar-refractivity contribution in [3.05, 3.63) is 94.5 Å². The number of piperidine rings is 1. The molecule has 40 heavy (non-hydrogen) atoms. The van der Waals surface area contributed by atoms with E-state index in [2.05, 4.69) is 35.3 Å². The van der Waals surface area contributed by atoms with E-state index in [0.717, 1.165) is 68.7 Å². The number of nitrogens with one attached hydrogen (secondary N) is 1. The van der Waals surface area contributed by atoms with Crippen LogP contribution in [0.25, 0.3) is 0 Å². The van der Waals surface area contributed by atoms with Crippen LogP contribution in [-0.2, 0) is 19.5 Å². The second kappa shape index (κ2) is 12.0. The highest BCUT2D eigenvalue weighted by molar-refractivity contribution is 6.04. The average molecular weight is 536 g/mol. The molecular formula is C35H41N3O2. The molecule has 0 atom stereocenters. The molecule has 0 radical (unpaired) electrons. The minimum absolute atomic E-state index is 0.0569. The van der Waals surface area contributed by atoms with Gasteiger partial charge in [0.2, 0.25) is 0 Å². The topological polar surface area (TPSA) is 52.7 Å². The standard InChI is InChI=1S/C35H41N3O2/c1-2-37-23-29-13-12-25(20-30(29)24-37)21-34(39)28-14-15-32(33(22-28)36-31-10-4-3-5-11-31)35(40)38-18-16-27(17-19-38)26-8-6-7-9-26/h3-5,10-15,20,22,26-27,36H,2,6-9,16-19,21,23-24H2,1H3. The van der Waals surface area contributed by atoms with Gasteiger partial charge in [0.05, 0.1) is 11.3 Å². The van der Waals surface area contributed by atoms with Gasteiger partial charge in [-0.25, -0.2) is 0 Å². The van der Waals surface area contributed by atoms with Gasteiger partial charge in [-0.05, 0) is 72.2 Å². The third-order valence-corrected chi connectivity index (χ3v) is 9.39. The Bertz CT molecular complexity index is 1350. The van der Waals surface area contributed by atoms with Crippen molar-refractivity contribution in [1.82, 2.24) is 9.80 Å². The molecule has 2 fully saturated rings. The lowest BCUT2D eigenvalue weighted by molar-refractivity contribution is 0.0659. The lowest BCUT2D eigenvalue weighted by Crippen LogP contribution is -2.40. The number of likely N-dealkylation sites (tertiary alicyclic amines) is 1. The number of benzene rings is 3. The summed E-state index contributed by atoms with van der Waals surface area (Å²) in [6.07, 6.45) is 8.02. The van der Waals surface area contributed by atoms with E-state index in [-0.39, 0.29) is 11.7 Å². The molecule has 3 aliphatic rings. The molecule has 0 spiro atoms. The maximum atomic E-state index is 13.8. The number of anilines is 2. The first-order valence-corrected chi connectivity index (χ1v) is 15.2. The predicted molar refractivity (Wildman–Crippen MR) is 161 cm³/mol. The van der Waals surface area contributed by atoms with E-state index >= 15 is 0 Å². The molecule has 1 aliphatic carbocycles. The van der Waals surface area contributed by atoms with Gasteiger partial charge in [0.25, 0.3) is 5.91 Å². The number of carbonyl (C=O) groups is 2. The van der Waals surface area contributed by atoms with Crippen LogP contribution in [0, 0.1) is 11.8 Å². The molecule has 1 N–H and O–H groups in total. The molecule has 2 aliphatic heterocycles. The summed E-state index contributed by atoms with van der Waals surface area (Å²) in [5.41, 5.74) is 6.61. The molecule has 1 amide bonds. The Morgan fingerprint density at radius 2 is 1.55 bits per heavy atom. The van der Waals surface area contributed by atoms with Crippen LogP contribution in [0.3, 0.4) is 0 Å². The van der Waals surface area contributed by atoms with Gasteiger partial charge in [-0.15, -0.1) is 0 Å². The van der Waals surface area contributed by atoms with E-state index in [1.54, 1.807) is 0 Å². The van der Waals surface area contributed by atoms with Gasteiger partial charge < -0.3 is 10.2 Å². The van der Waals surface area contributed by atoms with Gasteiger partial charge >= 0.3 is 0 Å². The van der Waals surface area contributed by atoms with Crippen molar-refractivity contribution < 1.29 is 9.59 Å². The summed E-state index contributed by atoms with van der Waals surface area (Å²) in [6, 6.07) is 21.9. The van der Waals surface area contributed by atoms with Gasteiger partial charge in [-0.3, -0.25) is 14.5 Å². The lowest BCUT2D eigenvalue weighted by Gasteiger charge is -2.35.